The monoisotopic (exact) mass is 448 g/mol. The molecule has 4 aliphatic carbocycles. The summed E-state index contributed by atoms with van der Waals surface area (Å²) >= 11 is 0. The second kappa shape index (κ2) is 7.14. The van der Waals surface area contributed by atoms with Crippen LogP contribution in [0.3, 0.4) is 0 Å². The Morgan fingerprint density at radius 1 is 1.25 bits per heavy atom. The number of esters is 1. The molecule has 9 atom stereocenters. The molecule has 32 heavy (non-hydrogen) atoms. The highest BCUT2D eigenvalue weighted by molar-refractivity contribution is 5.71. The first-order valence-electron chi connectivity index (χ1n) is 11.9. The van der Waals surface area contributed by atoms with Crippen LogP contribution in [0.5, 0.6) is 0 Å². The molecular weight excluding hydrogens is 408 g/mol. The van der Waals surface area contributed by atoms with E-state index in [-0.39, 0.29) is 40.6 Å². The van der Waals surface area contributed by atoms with E-state index in [1.54, 1.807) is 13.0 Å². The zero-order chi connectivity index (χ0) is 24.0. The molecule has 0 radical (unpaired) electrons. The molecule has 0 heterocycles. The molecule has 9 unspecified atom stereocenters. The Morgan fingerprint density at radius 3 is 2.44 bits per heavy atom. The number of fused-ring (bicyclic) bond motifs is 3. The summed E-state index contributed by atoms with van der Waals surface area (Å²) in [6, 6.07) is 0. The minimum absolute atomic E-state index is 0.0436. The molecule has 2 fully saturated rings. The average Bonchev–Trinajstić information content (AvgIpc) is 3.15. The van der Waals surface area contributed by atoms with Gasteiger partial charge in [-0.25, -0.2) is 0 Å². The number of ether oxygens (including phenoxy) is 1. The fourth-order valence-corrected chi connectivity index (χ4v) is 7.51. The summed E-state index contributed by atoms with van der Waals surface area (Å²) < 4.78 is 5.86. The van der Waals surface area contributed by atoms with Crippen molar-refractivity contribution >= 4 is 5.97 Å². The van der Waals surface area contributed by atoms with E-state index in [4.69, 9.17) is 4.74 Å². The maximum absolute atomic E-state index is 12.8. The lowest BCUT2D eigenvalue weighted by Gasteiger charge is -2.52. The molecule has 0 aromatic carbocycles. The van der Waals surface area contributed by atoms with E-state index >= 15 is 0 Å². The highest BCUT2D eigenvalue weighted by Crippen LogP contribution is 2.72. The number of carbonyl (C=O) groups is 1. The average molecular weight is 449 g/mol. The van der Waals surface area contributed by atoms with Crippen molar-refractivity contribution in [2.75, 3.05) is 6.61 Å². The maximum atomic E-state index is 12.8. The Bertz CT molecular complexity index is 866. The first kappa shape index (κ1) is 23.9. The lowest BCUT2D eigenvalue weighted by Crippen LogP contribution is -2.66. The Hall–Kier alpha value is -1.21. The number of aliphatic hydroxyl groups is 4. The summed E-state index contributed by atoms with van der Waals surface area (Å²) in [5, 5.41) is 45.9. The molecular formula is C26H40O6. The van der Waals surface area contributed by atoms with Crippen molar-refractivity contribution in [3.05, 3.63) is 23.3 Å². The molecule has 6 heteroatoms. The maximum Gasteiger partial charge on any atom is 0.307 e. The number of carbonyl (C=O) groups excluding carboxylic acids is 1. The van der Waals surface area contributed by atoms with Crippen LogP contribution >= 0.6 is 0 Å². The smallest absolute Gasteiger partial charge is 0.307 e. The van der Waals surface area contributed by atoms with Gasteiger partial charge in [0.25, 0.3) is 0 Å². The van der Waals surface area contributed by atoms with Crippen LogP contribution in [0.25, 0.3) is 0 Å². The minimum atomic E-state index is -1.96. The number of rotatable bonds is 3. The highest BCUT2D eigenvalue weighted by Gasteiger charge is 2.76. The molecule has 1 spiro atoms. The highest BCUT2D eigenvalue weighted by atomic mass is 16.6. The first-order chi connectivity index (χ1) is 14.6. The normalized spacial score (nSPS) is 46.8. The SMILES string of the molecule is CC1=CC23C(C)CC4C(C(C=C(CO)C(O)C2(O)C1OC(=O)CC(C)(C)C)C3O)C4(C)C. The Kier molecular flexibility index (Phi) is 5.34. The standard InChI is InChI=1S/C26H40O6/c1-13-10-25-14(2)8-17-19(24(17,6)7)16(21(25)30)9-15(12-27)20(29)26(25,31)22(13)32-18(28)11-23(3,4)5/h9-10,14,16-17,19-22,27,29-31H,8,11-12H2,1-7H3. The molecule has 2 bridgehead atoms. The van der Waals surface area contributed by atoms with E-state index in [9.17, 15) is 25.2 Å². The molecule has 0 aliphatic heterocycles. The summed E-state index contributed by atoms with van der Waals surface area (Å²) in [5.41, 5.74) is -2.49. The van der Waals surface area contributed by atoms with E-state index in [0.29, 0.717) is 11.5 Å². The predicted molar refractivity (Wildman–Crippen MR) is 120 cm³/mol. The van der Waals surface area contributed by atoms with Gasteiger partial charge in [-0.2, -0.15) is 0 Å². The van der Waals surface area contributed by atoms with Crippen molar-refractivity contribution < 1.29 is 30.0 Å². The molecule has 2 saturated carbocycles. The topological polar surface area (TPSA) is 107 Å². The summed E-state index contributed by atoms with van der Waals surface area (Å²) in [5.74, 6) is -0.346. The van der Waals surface area contributed by atoms with E-state index in [2.05, 4.69) is 13.8 Å². The van der Waals surface area contributed by atoms with Gasteiger partial charge in [-0.3, -0.25) is 4.79 Å². The predicted octanol–water partition coefficient (Wildman–Crippen LogP) is 2.59. The third kappa shape index (κ3) is 3.02. The van der Waals surface area contributed by atoms with Gasteiger partial charge in [0.15, 0.2) is 6.10 Å². The third-order valence-corrected chi connectivity index (χ3v) is 9.09. The summed E-state index contributed by atoms with van der Waals surface area (Å²) in [6.45, 7) is 13.6. The van der Waals surface area contributed by atoms with E-state index in [0.717, 1.165) is 6.42 Å². The summed E-state index contributed by atoms with van der Waals surface area (Å²) in [6.07, 6.45) is 1.08. The van der Waals surface area contributed by atoms with Gasteiger partial charge in [0.2, 0.25) is 0 Å². The molecule has 4 aliphatic rings. The zero-order valence-corrected chi connectivity index (χ0v) is 20.4. The number of hydrogen-bond donors (Lipinski definition) is 4. The van der Waals surface area contributed by atoms with Gasteiger partial charge in [0, 0.05) is 5.92 Å². The molecule has 6 nitrogen and oxygen atoms in total. The van der Waals surface area contributed by atoms with Crippen molar-refractivity contribution in [1.82, 2.24) is 0 Å². The fourth-order valence-electron chi connectivity index (χ4n) is 7.51. The van der Waals surface area contributed by atoms with Crippen LogP contribution in [0, 0.1) is 39.9 Å². The van der Waals surface area contributed by atoms with Crippen molar-refractivity contribution in [2.24, 2.45) is 39.9 Å². The summed E-state index contributed by atoms with van der Waals surface area (Å²) in [4.78, 5) is 12.8. The number of aliphatic hydroxyl groups excluding tert-OH is 3. The van der Waals surface area contributed by atoms with Crippen LogP contribution in [-0.2, 0) is 9.53 Å². The van der Waals surface area contributed by atoms with Crippen molar-refractivity contribution in [2.45, 2.75) is 85.2 Å². The molecule has 0 amide bonds. The van der Waals surface area contributed by atoms with Gasteiger partial charge in [-0.15, -0.1) is 0 Å². The lowest BCUT2D eigenvalue weighted by molar-refractivity contribution is -0.225. The zero-order valence-electron chi connectivity index (χ0n) is 20.4. The second-order valence-electron chi connectivity index (χ2n) is 12.7. The number of hydrogen-bond acceptors (Lipinski definition) is 6. The molecule has 0 saturated heterocycles. The van der Waals surface area contributed by atoms with Gasteiger partial charge < -0.3 is 25.2 Å². The van der Waals surface area contributed by atoms with Crippen LogP contribution in [0.2, 0.25) is 0 Å². The molecule has 4 N–H and O–H groups in total. The van der Waals surface area contributed by atoms with Crippen LogP contribution < -0.4 is 0 Å². The van der Waals surface area contributed by atoms with Crippen LogP contribution in [0.1, 0.15) is 61.3 Å². The summed E-state index contributed by atoms with van der Waals surface area (Å²) in [7, 11) is 0. The Morgan fingerprint density at radius 2 is 1.88 bits per heavy atom. The minimum Gasteiger partial charge on any atom is -0.455 e. The largest absolute Gasteiger partial charge is 0.455 e. The van der Waals surface area contributed by atoms with Crippen molar-refractivity contribution in [3.8, 4) is 0 Å². The van der Waals surface area contributed by atoms with Crippen LogP contribution in [0.4, 0.5) is 0 Å². The Labute approximate surface area is 191 Å². The van der Waals surface area contributed by atoms with Crippen molar-refractivity contribution in [3.63, 3.8) is 0 Å². The Balaban J connectivity index is 1.84. The molecule has 0 aromatic heterocycles. The van der Waals surface area contributed by atoms with Gasteiger partial charge in [-0.1, -0.05) is 53.7 Å². The van der Waals surface area contributed by atoms with E-state index < -0.39 is 41.9 Å². The van der Waals surface area contributed by atoms with Crippen LogP contribution in [-0.4, -0.2) is 56.9 Å². The van der Waals surface area contributed by atoms with E-state index in [1.807, 2.05) is 33.8 Å². The fraction of sp³-hybridized carbons (Fsp3) is 0.808. The quantitative estimate of drug-likeness (QED) is 0.391. The second-order valence-corrected chi connectivity index (χ2v) is 12.7. The van der Waals surface area contributed by atoms with Gasteiger partial charge in [-0.05, 0) is 53.1 Å². The van der Waals surface area contributed by atoms with Gasteiger partial charge in [0.05, 0.1) is 24.5 Å². The van der Waals surface area contributed by atoms with Gasteiger partial charge >= 0.3 is 5.97 Å². The molecule has 4 rings (SSSR count). The van der Waals surface area contributed by atoms with E-state index in [1.165, 1.54) is 0 Å². The first-order valence-corrected chi connectivity index (χ1v) is 11.9. The lowest BCUT2D eigenvalue weighted by atomic mass is 9.58. The molecule has 0 aromatic rings. The van der Waals surface area contributed by atoms with Crippen molar-refractivity contribution in [1.29, 1.82) is 0 Å². The van der Waals surface area contributed by atoms with Gasteiger partial charge in [0.1, 0.15) is 11.7 Å². The molecule has 180 valence electrons. The third-order valence-electron chi connectivity index (χ3n) is 9.09. The van der Waals surface area contributed by atoms with Crippen LogP contribution in [0.15, 0.2) is 23.3 Å².